The van der Waals surface area contributed by atoms with Crippen molar-refractivity contribution in [3.63, 3.8) is 0 Å². The number of esters is 1. The van der Waals surface area contributed by atoms with E-state index in [1.807, 2.05) is 6.08 Å². The Balaban J connectivity index is 2.93. The number of hydrogen-bond acceptors (Lipinski definition) is 2. The third-order valence-electron chi connectivity index (χ3n) is 1.84. The fourth-order valence-electron chi connectivity index (χ4n) is 1.12. The van der Waals surface area contributed by atoms with Crippen LogP contribution in [0.5, 0.6) is 0 Å². The highest BCUT2D eigenvalue weighted by Gasteiger charge is 2.24. The lowest BCUT2D eigenvalue weighted by Gasteiger charge is -2.22. The van der Waals surface area contributed by atoms with Gasteiger partial charge in [-0.25, -0.2) is 0 Å². The molecule has 0 aromatic rings. The summed E-state index contributed by atoms with van der Waals surface area (Å²) in [6, 6.07) is 0. The molecule has 1 aliphatic heterocycles. The van der Waals surface area contributed by atoms with Gasteiger partial charge in [-0.2, -0.15) is 0 Å². The Morgan fingerprint density at radius 1 is 1.58 bits per heavy atom. The Labute approximate surface area is 72.2 Å². The van der Waals surface area contributed by atoms with Crippen molar-refractivity contribution in [3.05, 3.63) is 37.0 Å². The van der Waals surface area contributed by atoms with Gasteiger partial charge in [0.05, 0.1) is 5.92 Å². The maximum absolute atomic E-state index is 11.1. The van der Waals surface area contributed by atoms with Gasteiger partial charge in [0, 0.05) is 0 Å². The quantitative estimate of drug-likeness (QED) is 0.460. The van der Waals surface area contributed by atoms with Gasteiger partial charge in [-0.3, -0.25) is 4.79 Å². The van der Waals surface area contributed by atoms with E-state index in [-0.39, 0.29) is 18.0 Å². The van der Waals surface area contributed by atoms with Crippen LogP contribution in [0.3, 0.4) is 0 Å². The molecule has 0 aliphatic carbocycles. The number of carbonyl (C=O) groups excluding carboxylic acids is 1. The van der Waals surface area contributed by atoms with Gasteiger partial charge < -0.3 is 4.74 Å². The minimum absolute atomic E-state index is 0.172. The summed E-state index contributed by atoms with van der Waals surface area (Å²) in [5.74, 6) is -0.375. The van der Waals surface area contributed by atoms with E-state index in [2.05, 4.69) is 13.2 Å². The van der Waals surface area contributed by atoms with Crippen molar-refractivity contribution in [2.75, 3.05) is 0 Å². The average molecular weight is 164 g/mol. The van der Waals surface area contributed by atoms with Crippen molar-refractivity contribution in [2.24, 2.45) is 5.92 Å². The lowest BCUT2D eigenvalue weighted by molar-refractivity contribution is -0.149. The minimum Gasteiger partial charge on any atom is -0.453 e. The van der Waals surface area contributed by atoms with Crippen LogP contribution >= 0.6 is 0 Å². The van der Waals surface area contributed by atoms with Crippen LogP contribution in [0.1, 0.15) is 6.92 Å². The predicted octanol–water partition coefficient (Wildman–Crippen LogP) is 1.85. The number of carbonyl (C=O) groups is 1. The summed E-state index contributed by atoms with van der Waals surface area (Å²) in [5.41, 5.74) is 0.914. The number of rotatable bonds is 2. The fraction of sp³-hybridized carbons (Fsp3) is 0.300. The van der Waals surface area contributed by atoms with Gasteiger partial charge in [-0.1, -0.05) is 25.3 Å². The topological polar surface area (TPSA) is 26.3 Å². The van der Waals surface area contributed by atoms with Gasteiger partial charge in [0.1, 0.15) is 6.10 Å². The van der Waals surface area contributed by atoms with Crippen LogP contribution in [0.2, 0.25) is 0 Å². The highest BCUT2D eigenvalue weighted by Crippen LogP contribution is 2.20. The summed E-state index contributed by atoms with van der Waals surface area (Å²) < 4.78 is 5.05. The van der Waals surface area contributed by atoms with Crippen LogP contribution in [0.25, 0.3) is 0 Å². The molecule has 0 spiro atoms. The molecule has 0 saturated heterocycles. The molecule has 2 atom stereocenters. The maximum atomic E-state index is 11.1. The first kappa shape index (κ1) is 8.78. The molecule has 64 valence electrons. The van der Waals surface area contributed by atoms with E-state index in [1.54, 1.807) is 19.1 Å². The molecule has 0 fully saturated rings. The Hall–Kier alpha value is -1.31. The molecule has 2 heteroatoms. The lowest BCUT2D eigenvalue weighted by atomic mass is 10.00. The predicted molar refractivity (Wildman–Crippen MR) is 47.5 cm³/mol. The van der Waals surface area contributed by atoms with E-state index in [0.717, 1.165) is 5.57 Å². The van der Waals surface area contributed by atoms with E-state index in [9.17, 15) is 4.79 Å². The number of ether oxygens (including phenoxy) is 1. The van der Waals surface area contributed by atoms with Crippen LogP contribution in [0, 0.1) is 5.92 Å². The van der Waals surface area contributed by atoms with Crippen molar-refractivity contribution < 1.29 is 9.53 Å². The summed E-state index contributed by atoms with van der Waals surface area (Å²) in [4.78, 5) is 11.1. The molecular weight excluding hydrogens is 152 g/mol. The highest BCUT2D eigenvalue weighted by atomic mass is 16.5. The van der Waals surface area contributed by atoms with E-state index in [0.29, 0.717) is 0 Å². The van der Waals surface area contributed by atoms with Crippen LogP contribution in [-0.2, 0) is 9.53 Å². The van der Waals surface area contributed by atoms with Crippen LogP contribution in [0.15, 0.2) is 37.0 Å². The smallest absolute Gasteiger partial charge is 0.313 e. The molecule has 2 nitrogen and oxygen atoms in total. The first-order valence-corrected chi connectivity index (χ1v) is 3.86. The molecule has 0 aromatic heterocycles. The summed E-state index contributed by atoms with van der Waals surface area (Å²) in [7, 11) is 0. The Morgan fingerprint density at radius 2 is 2.25 bits per heavy atom. The lowest BCUT2D eigenvalue weighted by Crippen LogP contribution is -2.27. The van der Waals surface area contributed by atoms with E-state index in [4.69, 9.17) is 4.74 Å². The summed E-state index contributed by atoms with van der Waals surface area (Å²) in [6.07, 6.45) is 4.82. The van der Waals surface area contributed by atoms with Crippen LogP contribution < -0.4 is 0 Å². The molecule has 0 N–H and O–H groups in total. The molecule has 0 radical (unpaired) electrons. The Bertz CT molecular complexity index is 251. The molecule has 0 aromatic carbocycles. The highest BCUT2D eigenvalue weighted by molar-refractivity contribution is 5.76. The van der Waals surface area contributed by atoms with Crippen molar-refractivity contribution in [3.8, 4) is 0 Å². The molecule has 0 bridgehead atoms. The molecule has 2 unspecified atom stereocenters. The van der Waals surface area contributed by atoms with Gasteiger partial charge in [0.25, 0.3) is 0 Å². The average Bonchev–Trinajstić information content (AvgIpc) is 2.09. The number of cyclic esters (lactones) is 1. The third-order valence-corrected chi connectivity index (χ3v) is 1.84. The van der Waals surface area contributed by atoms with Crippen molar-refractivity contribution in [1.82, 2.24) is 0 Å². The minimum atomic E-state index is -0.314. The van der Waals surface area contributed by atoms with Crippen LogP contribution in [-0.4, -0.2) is 12.1 Å². The zero-order chi connectivity index (χ0) is 9.14. The van der Waals surface area contributed by atoms with Gasteiger partial charge >= 0.3 is 5.97 Å². The Morgan fingerprint density at radius 3 is 2.75 bits per heavy atom. The Kier molecular flexibility index (Phi) is 2.48. The third kappa shape index (κ3) is 1.47. The van der Waals surface area contributed by atoms with E-state index >= 15 is 0 Å². The largest absolute Gasteiger partial charge is 0.453 e. The molecule has 1 heterocycles. The van der Waals surface area contributed by atoms with Crippen molar-refractivity contribution in [1.29, 1.82) is 0 Å². The summed E-state index contributed by atoms with van der Waals surface area (Å²) >= 11 is 0. The maximum Gasteiger partial charge on any atom is 0.313 e. The summed E-state index contributed by atoms with van der Waals surface area (Å²) in [6.45, 7) is 9.01. The van der Waals surface area contributed by atoms with Gasteiger partial charge in [0.15, 0.2) is 0 Å². The first-order valence-electron chi connectivity index (χ1n) is 3.86. The standard InChI is InChI=1S/C10H12O2/c1-4-8-6-7(3)10(11)12-9(8)5-2/h4-7,9H,1-2H2,3H3. The molecule has 12 heavy (non-hydrogen) atoms. The zero-order valence-electron chi connectivity index (χ0n) is 7.12. The molecule has 0 amide bonds. The SMILES string of the molecule is C=CC1=CC(C)C(=O)OC1C=C. The second-order valence-electron chi connectivity index (χ2n) is 2.75. The van der Waals surface area contributed by atoms with E-state index < -0.39 is 0 Å². The second-order valence-corrected chi connectivity index (χ2v) is 2.75. The molecular formula is C10H12O2. The second kappa shape index (κ2) is 3.39. The van der Waals surface area contributed by atoms with Gasteiger partial charge in [-0.05, 0) is 18.6 Å². The normalized spacial score (nSPS) is 28.8. The van der Waals surface area contributed by atoms with Crippen molar-refractivity contribution >= 4 is 5.97 Å². The molecule has 1 aliphatic rings. The number of hydrogen-bond donors (Lipinski definition) is 0. The monoisotopic (exact) mass is 164 g/mol. The fourth-order valence-corrected chi connectivity index (χ4v) is 1.12. The van der Waals surface area contributed by atoms with Gasteiger partial charge in [0.2, 0.25) is 0 Å². The molecule has 0 saturated carbocycles. The zero-order valence-corrected chi connectivity index (χ0v) is 7.12. The molecule has 1 rings (SSSR count). The summed E-state index contributed by atoms with van der Waals surface area (Å²) in [5, 5.41) is 0. The van der Waals surface area contributed by atoms with Crippen molar-refractivity contribution in [2.45, 2.75) is 13.0 Å². The van der Waals surface area contributed by atoms with Gasteiger partial charge in [-0.15, -0.1) is 0 Å². The van der Waals surface area contributed by atoms with E-state index in [1.165, 1.54) is 0 Å². The van der Waals surface area contributed by atoms with Crippen LogP contribution in [0.4, 0.5) is 0 Å². The first-order chi connectivity index (χ1) is 5.69.